The minimum absolute atomic E-state index is 0.218. The molecule has 106 valence electrons. The van der Waals surface area contributed by atoms with Crippen molar-refractivity contribution in [2.24, 2.45) is 0 Å². The van der Waals surface area contributed by atoms with Crippen molar-refractivity contribution in [3.05, 3.63) is 34.9 Å². The molecule has 0 heterocycles. The Morgan fingerprint density at radius 2 is 1.95 bits per heavy atom. The Morgan fingerprint density at radius 1 is 1.32 bits per heavy atom. The van der Waals surface area contributed by atoms with E-state index in [1.165, 1.54) is 6.07 Å². The number of Topliss-reactive ketones (excluding diaryl/α,β-unsaturated/α-hetero) is 1. The number of carbonyl (C=O) groups is 1. The van der Waals surface area contributed by atoms with Gasteiger partial charge in [-0.15, -0.1) is 0 Å². The number of rotatable bonds is 6. The van der Waals surface area contributed by atoms with Crippen LogP contribution in [0.1, 0.15) is 23.7 Å². The maximum atomic E-state index is 12.4. The van der Waals surface area contributed by atoms with Gasteiger partial charge in [-0.05, 0) is 25.1 Å². The van der Waals surface area contributed by atoms with Gasteiger partial charge in [-0.25, -0.2) is 0 Å². The first kappa shape index (κ1) is 16.0. The van der Waals surface area contributed by atoms with Crippen molar-refractivity contribution in [2.45, 2.75) is 19.5 Å². The highest BCUT2D eigenvalue weighted by atomic mass is 35.5. The van der Waals surface area contributed by atoms with Gasteiger partial charge in [-0.3, -0.25) is 9.69 Å². The van der Waals surface area contributed by atoms with Crippen LogP contribution in [0, 0.1) is 0 Å². The van der Waals surface area contributed by atoms with Gasteiger partial charge in [0.25, 0.3) is 0 Å². The number of nitrogens with zero attached hydrogens (tertiary/aromatic N) is 1. The Labute approximate surface area is 115 Å². The van der Waals surface area contributed by atoms with Crippen LogP contribution in [0.25, 0.3) is 0 Å². The van der Waals surface area contributed by atoms with E-state index in [4.69, 9.17) is 11.6 Å². The number of hydrogen-bond donors (Lipinski definition) is 0. The summed E-state index contributed by atoms with van der Waals surface area (Å²) >= 11 is 5.85. The van der Waals surface area contributed by atoms with Crippen LogP contribution in [0.4, 0.5) is 13.2 Å². The Balaban J connectivity index is 2.74. The van der Waals surface area contributed by atoms with Crippen LogP contribution >= 0.6 is 11.6 Å². The number of alkyl halides is 3. The molecule has 19 heavy (non-hydrogen) atoms. The number of hydrogen-bond acceptors (Lipinski definition) is 2. The molecule has 0 N–H and O–H groups in total. The highest BCUT2D eigenvalue weighted by molar-refractivity contribution is 6.34. The van der Waals surface area contributed by atoms with Gasteiger partial charge in [0.2, 0.25) is 0 Å². The van der Waals surface area contributed by atoms with Crippen molar-refractivity contribution >= 4 is 17.4 Å². The quantitative estimate of drug-likeness (QED) is 0.744. The van der Waals surface area contributed by atoms with Crippen LogP contribution in [0.2, 0.25) is 5.02 Å². The van der Waals surface area contributed by atoms with Gasteiger partial charge in [0.1, 0.15) is 0 Å². The van der Waals surface area contributed by atoms with Gasteiger partial charge in [-0.1, -0.05) is 30.7 Å². The summed E-state index contributed by atoms with van der Waals surface area (Å²) in [5, 5.41) is 0.260. The summed E-state index contributed by atoms with van der Waals surface area (Å²) in [6, 6.07) is 6.36. The number of benzene rings is 1. The molecule has 0 saturated carbocycles. The topological polar surface area (TPSA) is 20.3 Å². The molecule has 1 rings (SSSR count). The lowest BCUT2D eigenvalue weighted by molar-refractivity contribution is -0.144. The third-order valence-corrected chi connectivity index (χ3v) is 2.81. The molecule has 0 aliphatic rings. The first-order chi connectivity index (χ1) is 8.83. The Kier molecular flexibility index (Phi) is 5.82. The molecular weight excluding hydrogens is 279 g/mol. The molecule has 0 spiro atoms. The van der Waals surface area contributed by atoms with Crippen LogP contribution in [-0.2, 0) is 0 Å². The highest BCUT2D eigenvalue weighted by Gasteiger charge is 2.31. The summed E-state index contributed by atoms with van der Waals surface area (Å²) < 4.78 is 37.1. The third kappa shape index (κ3) is 5.61. The van der Waals surface area contributed by atoms with E-state index in [1.807, 2.05) is 0 Å². The van der Waals surface area contributed by atoms with Gasteiger partial charge < -0.3 is 0 Å². The molecule has 0 amide bonds. The second-order valence-corrected chi connectivity index (χ2v) is 4.64. The molecule has 1 aromatic rings. The monoisotopic (exact) mass is 293 g/mol. The molecule has 0 saturated heterocycles. The molecule has 0 aliphatic heterocycles. The van der Waals surface area contributed by atoms with E-state index in [0.717, 1.165) is 4.90 Å². The molecule has 0 aromatic heterocycles. The van der Waals surface area contributed by atoms with Crippen molar-refractivity contribution in [3.63, 3.8) is 0 Å². The fourth-order valence-electron chi connectivity index (χ4n) is 1.76. The van der Waals surface area contributed by atoms with Crippen molar-refractivity contribution in [1.82, 2.24) is 4.90 Å². The molecule has 0 unspecified atom stereocenters. The van der Waals surface area contributed by atoms with E-state index in [0.29, 0.717) is 6.42 Å². The molecular formula is C13H15ClF3NO. The van der Waals surface area contributed by atoms with Crippen molar-refractivity contribution in [3.8, 4) is 0 Å². The van der Waals surface area contributed by atoms with E-state index in [9.17, 15) is 18.0 Å². The summed E-state index contributed by atoms with van der Waals surface area (Å²) in [6.07, 6.45) is -3.76. The van der Waals surface area contributed by atoms with Gasteiger partial charge in [0.15, 0.2) is 5.78 Å². The molecule has 2 nitrogen and oxygen atoms in total. The largest absolute Gasteiger partial charge is 0.401 e. The van der Waals surface area contributed by atoms with Crippen molar-refractivity contribution < 1.29 is 18.0 Å². The van der Waals surface area contributed by atoms with E-state index in [2.05, 4.69) is 0 Å². The molecule has 0 bridgehead atoms. The fourth-order valence-corrected chi connectivity index (χ4v) is 2.00. The Morgan fingerprint density at radius 3 is 2.47 bits per heavy atom. The molecule has 0 atom stereocenters. The fraction of sp³-hybridized carbons (Fsp3) is 0.462. The van der Waals surface area contributed by atoms with Crippen LogP contribution in [-0.4, -0.2) is 36.5 Å². The zero-order valence-corrected chi connectivity index (χ0v) is 11.3. The van der Waals surface area contributed by atoms with E-state index in [-0.39, 0.29) is 23.7 Å². The van der Waals surface area contributed by atoms with Crippen LogP contribution in [0.5, 0.6) is 0 Å². The van der Waals surface area contributed by atoms with Crippen molar-refractivity contribution in [2.75, 3.05) is 19.6 Å². The zero-order chi connectivity index (χ0) is 14.5. The SMILES string of the molecule is CCCN(CC(=O)c1ccccc1Cl)CC(F)(F)F. The lowest BCUT2D eigenvalue weighted by Crippen LogP contribution is -2.38. The van der Waals surface area contributed by atoms with Gasteiger partial charge >= 0.3 is 6.18 Å². The predicted octanol–water partition coefficient (Wildman–Crippen LogP) is 3.80. The highest BCUT2D eigenvalue weighted by Crippen LogP contribution is 2.19. The zero-order valence-electron chi connectivity index (χ0n) is 10.5. The van der Waals surface area contributed by atoms with E-state index >= 15 is 0 Å². The molecule has 6 heteroatoms. The summed E-state index contributed by atoms with van der Waals surface area (Å²) in [4.78, 5) is 13.0. The third-order valence-electron chi connectivity index (χ3n) is 2.48. The molecule has 1 aromatic carbocycles. The predicted molar refractivity (Wildman–Crippen MR) is 68.6 cm³/mol. The van der Waals surface area contributed by atoms with Crippen LogP contribution in [0.15, 0.2) is 24.3 Å². The molecule has 0 radical (unpaired) electrons. The van der Waals surface area contributed by atoms with Crippen molar-refractivity contribution in [1.29, 1.82) is 0 Å². The first-order valence-corrected chi connectivity index (χ1v) is 6.28. The molecule has 0 fully saturated rings. The number of ketones is 1. The maximum absolute atomic E-state index is 12.4. The lowest BCUT2D eigenvalue weighted by Gasteiger charge is -2.22. The average Bonchev–Trinajstić information content (AvgIpc) is 2.27. The standard InChI is InChI=1S/C13H15ClF3NO/c1-2-7-18(9-13(15,16)17)8-12(19)10-5-3-4-6-11(10)14/h3-6H,2,7-9H2,1H3. The van der Waals surface area contributed by atoms with E-state index < -0.39 is 18.5 Å². The summed E-state index contributed by atoms with van der Waals surface area (Å²) in [5.41, 5.74) is 0.257. The Bertz CT molecular complexity index is 434. The van der Waals surface area contributed by atoms with Crippen LogP contribution < -0.4 is 0 Å². The summed E-state index contributed by atoms with van der Waals surface area (Å²) in [6.45, 7) is 0.618. The first-order valence-electron chi connectivity index (χ1n) is 5.90. The smallest absolute Gasteiger partial charge is 0.293 e. The minimum Gasteiger partial charge on any atom is -0.293 e. The van der Waals surface area contributed by atoms with Gasteiger partial charge in [0.05, 0.1) is 18.1 Å². The minimum atomic E-state index is -4.31. The number of halogens is 4. The van der Waals surface area contributed by atoms with Gasteiger partial charge in [-0.2, -0.15) is 13.2 Å². The molecule has 0 aliphatic carbocycles. The second kappa shape index (κ2) is 6.91. The second-order valence-electron chi connectivity index (χ2n) is 4.23. The summed E-state index contributed by atoms with van der Waals surface area (Å²) in [7, 11) is 0. The van der Waals surface area contributed by atoms with Gasteiger partial charge in [0, 0.05) is 5.56 Å². The lowest BCUT2D eigenvalue weighted by atomic mass is 10.1. The Hall–Kier alpha value is -1.07. The van der Waals surface area contributed by atoms with Crippen LogP contribution in [0.3, 0.4) is 0 Å². The average molecular weight is 294 g/mol. The number of carbonyl (C=O) groups excluding carboxylic acids is 1. The normalized spacial score (nSPS) is 11.9. The maximum Gasteiger partial charge on any atom is 0.401 e. The summed E-state index contributed by atoms with van der Waals surface area (Å²) in [5.74, 6) is -0.400. The van der Waals surface area contributed by atoms with E-state index in [1.54, 1.807) is 25.1 Å².